The zero-order valence-electron chi connectivity index (χ0n) is 9.53. The number of aliphatic hydroxyl groups excluding tert-OH is 1. The first kappa shape index (κ1) is 11.7. The van der Waals surface area contributed by atoms with Crippen LogP contribution in [0.5, 0.6) is 0 Å². The van der Waals surface area contributed by atoms with Crippen molar-refractivity contribution in [3.05, 3.63) is 0 Å². The fraction of sp³-hybridized carbons (Fsp3) is 0.909. The Morgan fingerprint density at radius 2 is 1.93 bits per heavy atom. The van der Waals surface area contributed by atoms with Crippen LogP contribution < -0.4 is 0 Å². The van der Waals surface area contributed by atoms with E-state index in [4.69, 9.17) is 0 Å². The molecule has 0 spiro atoms. The first-order chi connectivity index (χ1) is 6.45. The van der Waals surface area contributed by atoms with Crippen molar-refractivity contribution < 1.29 is 9.90 Å². The second-order valence-electron chi connectivity index (χ2n) is 4.69. The van der Waals surface area contributed by atoms with Crippen molar-refractivity contribution >= 4 is 5.78 Å². The smallest absolute Gasteiger partial charge is 0.155 e. The molecule has 82 valence electrons. The molecule has 14 heavy (non-hydrogen) atoms. The van der Waals surface area contributed by atoms with Crippen LogP contribution in [0, 0.1) is 5.92 Å². The molecule has 3 nitrogen and oxygen atoms in total. The minimum absolute atomic E-state index is 0.00833. The lowest BCUT2D eigenvalue weighted by Crippen LogP contribution is -2.46. The van der Waals surface area contributed by atoms with Gasteiger partial charge >= 0.3 is 0 Å². The van der Waals surface area contributed by atoms with Crippen molar-refractivity contribution in [2.45, 2.75) is 52.3 Å². The van der Waals surface area contributed by atoms with Crippen molar-refractivity contribution in [3.8, 4) is 0 Å². The van der Waals surface area contributed by atoms with Gasteiger partial charge in [-0.15, -0.1) is 0 Å². The van der Waals surface area contributed by atoms with Crippen LogP contribution in [-0.4, -0.2) is 40.5 Å². The third-order valence-corrected chi connectivity index (χ3v) is 2.93. The highest BCUT2D eigenvalue weighted by molar-refractivity contribution is 5.86. The molecular formula is C11H21NO2. The molecule has 0 aromatic heterocycles. The Bertz CT molecular complexity index is 213. The number of Topliss-reactive ketones (excluding diaryl/α,β-unsaturated/α-hetero) is 1. The van der Waals surface area contributed by atoms with Crippen LogP contribution in [0.3, 0.4) is 0 Å². The molecule has 0 bridgehead atoms. The van der Waals surface area contributed by atoms with E-state index < -0.39 is 6.10 Å². The number of carbonyl (C=O) groups excluding carboxylic acids is 1. The predicted molar refractivity (Wildman–Crippen MR) is 56.1 cm³/mol. The van der Waals surface area contributed by atoms with E-state index in [-0.39, 0.29) is 17.7 Å². The first-order valence-electron chi connectivity index (χ1n) is 5.42. The van der Waals surface area contributed by atoms with E-state index in [1.165, 1.54) is 0 Å². The quantitative estimate of drug-likeness (QED) is 0.738. The topological polar surface area (TPSA) is 40.5 Å². The summed E-state index contributed by atoms with van der Waals surface area (Å²) < 4.78 is 0. The van der Waals surface area contributed by atoms with Crippen molar-refractivity contribution in [3.63, 3.8) is 0 Å². The van der Waals surface area contributed by atoms with Gasteiger partial charge in [0.05, 0.1) is 12.1 Å². The fourth-order valence-electron chi connectivity index (χ4n) is 2.07. The summed E-state index contributed by atoms with van der Waals surface area (Å²) in [6.45, 7) is 8.76. The van der Waals surface area contributed by atoms with Gasteiger partial charge in [-0.25, -0.2) is 0 Å². The fourth-order valence-corrected chi connectivity index (χ4v) is 2.07. The lowest BCUT2D eigenvalue weighted by Gasteiger charge is -2.29. The van der Waals surface area contributed by atoms with Crippen molar-refractivity contribution in [1.82, 2.24) is 4.90 Å². The lowest BCUT2D eigenvalue weighted by molar-refractivity contribution is -0.129. The Morgan fingerprint density at radius 3 is 2.36 bits per heavy atom. The number of nitrogens with zero attached hydrogens (tertiary/aromatic N) is 1. The molecule has 0 aromatic carbocycles. The van der Waals surface area contributed by atoms with Gasteiger partial charge in [0, 0.05) is 18.5 Å². The Balaban J connectivity index is 2.76. The molecule has 1 N–H and O–H groups in total. The lowest BCUT2D eigenvalue weighted by atomic mass is 9.97. The SMILES string of the molecule is CC(C)C(=O)[C@@H]1[C@@H](O)CCN1C(C)C. The monoisotopic (exact) mass is 199 g/mol. The highest BCUT2D eigenvalue weighted by Crippen LogP contribution is 2.23. The molecule has 1 rings (SSSR count). The summed E-state index contributed by atoms with van der Waals surface area (Å²) in [4.78, 5) is 14.0. The molecule has 3 heteroatoms. The Kier molecular flexibility index (Phi) is 3.67. The van der Waals surface area contributed by atoms with E-state index in [1.54, 1.807) is 0 Å². The molecular weight excluding hydrogens is 178 g/mol. The third kappa shape index (κ3) is 2.15. The van der Waals surface area contributed by atoms with Gasteiger partial charge in [-0.2, -0.15) is 0 Å². The summed E-state index contributed by atoms with van der Waals surface area (Å²) in [7, 11) is 0. The average Bonchev–Trinajstić information content (AvgIpc) is 2.45. The normalized spacial score (nSPS) is 29.1. The highest BCUT2D eigenvalue weighted by Gasteiger charge is 2.39. The summed E-state index contributed by atoms with van der Waals surface area (Å²) in [5.74, 6) is 0.178. The van der Waals surface area contributed by atoms with Crippen LogP contribution in [0.4, 0.5) is 0 Å². The minimum atomic E-state index is -0.465. The maximum absolute atomic E-state index is 11.9. The number of hydrogen-bond acceptors (Lipinski definition) is 3. The summed E-state index contributed by atoms with van der Waals surface area (Å²) >= 11 is 0. The average molecular weight is 199 g/mol. The van der Waals surface area contributed by atoms with E-state index in [1.807, 2.05) is 13.8 Å². The van der Waals surface area contributed by atoms with Gasteiger partial charge in [0.2, 0.25) is 0 Å². The second-order valence-corrected chi connectivity index (χ2v) is 4.69. The predicted octanol–water partition coefficient (Wildman–Crippen LogP) is 1.06. The molecule has 0 amide bonds. The van der Waals surface area contributed by atoms with Crippen LogP contribution in [0.25, 0.3) is 0 Å². The molecule has 1 saturated heterocycles. The van der Waals surface area contributed by atoms with Gasteiger partial charge in [0.25, 0.3) is 0 Å². The molecule has 0 aromatic rings. The van der Waals surface area contributed by atoms with E-state index in [2.05, 4.69) is 18.7 Å². The van der Waals surface area contributed by atoms with Crippen molar-refractivity contribution in [2.75, 3.05) is 6.54 Å². The largest absolute Gasteiger partial charge is 0.391 e. The zero-order chi connectivity index (χ0) is 10.9. The van der Waals surface area contributed by atoms with Crippen LogP contribution in [0.1, 0.15) is 34.1 Å². The summed E-state index contributed by atoms with van der Waals surface area (Å²) in [6, 6.07) is 0.0647. The van der Waals surface area contributed by atoms with Gasteiger partial charge in [-0.1, -0.05) is 13.8 Å². The van der Waals surface area contributed by atoms with Gasteiger partial charge in [-0.05, 0) is 20.3 Å². The van der Waals surface area contributed by atoms with Gasteiger partial charge in [0.15, 0.2) is 5.78 Å². The molecule has 0 saturated carbocycles. The summed E-state index contributed by atoms with van der Waals surface area (Å²) in [6.07, 6.45) is 0.258. The first-order valence-corrected chi connectivity index (χ1v) is 5.42. The van der Waals surface area contributed by atoms with Crippen molar-refractivity contribution in [1.29, 1.82) is 0 Å². The Hall–Kier alpha value is -0.410. The number of hydrogen-bond donors (Lipinski definition) is 1. The minimum Gasteiger partial charge on any atom is -0.391 e. The molecule has 0 radical (unpaired) electrons. The zero-order valence-corrected chi connectivity index (χ0v) is 9.53. The molecule has 1 heterocycles. The van der Waals surface area contributed by atoms with Crippen LogP contribution in [0.15, 0.2) is 0 Å². The van der Waals surface area contributed by atoms with E-state index in [9.17, 15) is 9.90 Å². The third-order valence-electron chi connectivity index (χ3n) is 2.93. The molecule has 1 aliphatic rings. The maximum atomic E-state index is 11.9. The summed E-state index contributed by atoms with van der Waals surface area (Å²) in [5.41, 5.74) is 0. The standard InChI is InChI=1S/C11H21NO2/c1-7(2)11(14)10-9(13)5-6-12(10)8(3)4/h7-10,13H,5-6H2,1-4H3/t9-,10-/m0/s1. The number of aliphatic hydroxyl groups is 1. The van der Waals surface area contributed by atoms with Crippen LogP contribution in [0.2, 0.25) is 0 Å². The second kappa shape index (κ2) is 4.41. The molecule has 1 aliphatic heterocycles. The highest BCUT2D eigenvalue weighted by atomic mass is 16.3. The molecule has 1 fully saturated rings. The van der Waals surface area contributed by atoms with Crippen LogP contribution in [-0.2, 0) is 4.79 Å². The Labute approximate surface area is 86.1 Å². The van der Waals surface area contributed by atoms with Gasteiger partial charge < -0.3 is 5.11 Å². The van der Waals surface area contributed by atoms with Crippen LogP contribution >= 0.6 is 0 Å². The maximum Gasteiger partial charge on any atom is 0.155 e. The van der Waals surface area contributed by atoms with E-state index in [0.717, 1.165) is 13.0 Å². The number of likely N-dealkylation sites (tertiary alicyclic amines) is 1. The van der Waals surface area contributed by atoms with Crippen molar-refractivity contribution in [2.24, 2.45) is 5.92 Å². The van der Waals surface area contributed by atoms with Gasteiger partial charge in [-0.3, -0.25) is 9.69 Å². The molecule has 0 unspecified atom stereocenters. The van der Waals surface area contributed by atoms with Gasteiger partial charge in [0.1, 0.15) is 0 Å². The van der Waals surface area contributed by atoms with E-state index in [0.29, 0.717) is 6.04 Å². The summed E-state index contributed by atoms with van der Waals surface area (Å²) in [5, 5.41) is 9.77. The number of rotatable bonds is 3. The molecule has 2 atom stereocenters. The van der Waals surface area contributed by atoms with E-state index >= 15 is 0 Å². The molecule has 0 aliphatic carbocycles. The Morgan fingerprint density at radius 1 is 1.36 bits per heavy atom. The number of ketones is 1. The number of carbonyl (C=O) groups is 1.